The van der Waals surface area contributed by atoms with E-state index < -0.39 is 6.04 Å². The Kier molecular flexibility index (Phi) is 3.16. The van der Waals surface area contributed by atoms with Gasteiger partial charge in [-0.15, -0.1) is 0 Å². The van der Waals surface area contributed by atoms with Crippen LogP contribution >= 0.6 is 0 Å². The van der Waals surface area contributed by atoms with Gasteiger partial charge in [0.1, 0.15) is 17.9 Å². The Morgan fingerprint density at radius 2 is 1.95 bits per heavy atom. The van der Waals surface area contributed by atoms with Crippen LogP contribution in [0.2, 0.25) is 0 Å². The first-order valence-electron chi connectivity index (χ1n) is 6.57. The number of amides is 1. The topological polar surface area (TPSA) is 64.3 Å². The van der Waals surface area contributed by atoms with Crippen LogP contribution in [-0.4, -0.2) is 5.91 Å². The van der Waals surface area contributed by atoms with Gasteiger partial charge in [0, 0.05) is 17.3 Å². The second kappa shape index (κ2) is 4.98. The molecule has 0 aromatic heterocycles. The Labute approximate surface area is 117 Å². The van der Waals surface area contributed by atoms with Crippen LogP contribution in [-0.2, 0) is 4.79 Å². The number of hydrogen-bond donors (Lipinski definition) is 2. The molecular formula is C16H16N2O2. The Bertz CT molecular complexity index is 640. The van der Waals surface area contributed by atoms with Crippen molar-refractivity contribution >= 4 is 11.6 Å². The summed E-state index contributed by atoms with van der Waals surface area (Å²) in [6.45, 7) is 1.99. The number of nitrogens with two attached hydrogens (primary N) is 1. The summed E-state index contributed by atoms with van der Waals surface area (Å²) in [5.41, 5.74) is 8.44. The Hall–Kier alpha value is -2.33. The lowest BCUT2D eigenvalue weighted by Crippen LogP contribution is -2.19. The van der Waals surface area contributed by atoms with E-state index in [1.807, 2.05) is 55.5 Å². The fraction of sp³-hybridized carbons (Fsp3) is 0.188. The summed E-state index contributed by atoms with van der Waals surface area (Å²) in [5.74, 6) is 0.544. The van der Waals surface area contributed by atoms with Gasteiger partial charge in [0.05, 0.1) is 0 Å². The molecule has 0 saturated heterocycles. The quantitative estimate of drug-likeness (QED) is 0.899. The van der Waals surface area contributed by atoms with Crippen molar-refractivity contribution in [2.45, 2.75) is 19.1 Å². The van der Waals surface area contributed by atoms with Gasteiger partial charge in [0.25, 0.3) is 0 Å². The van der Waals surface area contributed by atoms with Crippen LogP contribution in [0.5, 0.6) is 5.75 Å². The Morgan fingerprint density at radius 3 is 2.70 bits per heavy atom. The Morgan fingerprint density at radius 1 is 1.20 bits per heavy atom. The molecule has 2 unspecified atom stereocenters. The zero-order valence-corrected chi connectivity index (χ0v) is 11.2. The maximum absolute atomic E-state index is 11.5. The fourth-order valence-corrected chi connectivity index (χ4v) is 2.34. The second-order valence-corrected chi connectivity index (χ2v) is 4.89. The van der Waals surface area contributed by atoms with Crippen LogP contribution in [0.4, 0.5) is 5.69 Å². The lowest BCUT2D eigenvalue weighted by atomic mass is 10.1. The zero-order valence-electron chi connectivity index (χ0n) is 11.2. The van der Waals surface area contributed by atoms with E-state index in [0.29, 0.717) is 0 Å². The van der Waals surface area contributed by atoms with Gasteiger partial charge < -0.3 is 15.8 Å². The minimum atomic E-state index is -0.578. The molecule has 2 atom stereocenters. The van der Waals surface area contributed by atoms with Crippen molar-refractivity contribution in [1.29, 1.82) is 0 Å². The number of benzene rings is 2. The average molecular weight is 268 g/mol. The monoisotopic (exact) mass is 268 g/mol. The van der Waals surface area contributed by atoms with Crippen LogP contribution in [0.1, 0.15) is 30.2 Å². The second-order valence-electron chi connectivity index (χ2n) is 4.89. The van der Waals surface area contributed by atoms with Crippen molar-refractivity contribution in [2.24, 2.45) is 5.73 Å². The maximum Gasteiger partial charge on any atom is 0.245 e. The normalized spacial score (nSPS) is 18.3. The van der Waals surface area contributed by atoms with Gasteiger partial charge in [-0.25, -0.2) is 0 Å². The van der Waals surface area contributed by atoms with Crippen molar-refractivity contribution in [1.82, 2.24) is 0 Å². The van der Waals surface area contributed by atoms with Crippen molar-refractivity contribution in [3.05, 3.63) is 59.7 Å². The summed E-state index contributed by atoms with van der Waals surface area (Å²) in [4.78, 5) is 11.5. The highest BCUT2D eigenvalue weighted by Gasteiger charge is 2.27. The predicted molar refractivity (Wildman–Crippen MR) is 77.5 cm³/mol. The molecule has 0 bridgehead atoms. The molecule has 3 N–H and O–H groups in total. The lowest BCUT2D eigenvalue weighted by molar-refractivity contribution is -0.116. The van der Waals surface area contributed by atoms with Gasteiger partial charge in [-0.1, -0.05) is 36.4 Å². The summed E-state index contributed by atoms with van der Waals surface area (Å²) >= 11 is 0. The molecule has 2 aromatic carbocycles. The number of carbonyl (C=O) groups is 1. The van der Waals surface area contributed by atoms with Gasteiger partial charge in [-0.05, 0) is 18.6 Å². The minimum absolute atomic E-state index is 0.0555. The van der Waals surface area contributed by atoms with Crippen LogP contribution < -0.4 is 15.8 Å². The van der Waals surface area contributed by atoms with Crippen molar-refractivity contribution in [3.8, 4) is 5.75 Å². The minimum Gasteiger partial charge on any atom is -0.486 e. The summed E-state index contributed by atoms with van der Waals surface area (Å²) in [6, 6.07) is 14.9. The Balaban J connectivity index is 1.80. The molecule has 102 valence electrons. The highest BCUT2D eigenvalue weighted by atomic mass is 16.5. The van der Waals surface area contributed by atoms with Crippen LogP contribution in [0, 0.1) is 0 Å². The molecule has 0 radical (unpaired) electrons. The van der Waals surface area contributed by atoms with Crippen molar-refractivity contribution in [3.63, 3.8) is 0 Å². The highest BCUT2D eigenvalue weighted by Crippen LogP contribution is 2.33. The van der Waals surface area contributed by atoms with Crippen LogP contribution in [0.25, 0.3) is 0 Å². The van der Waals surface area contributed by atoms with Gasteiger partial charge in [0.15, 0.2) is 0 Å². The van der Waals surface area contributed by atoms with E-state index in [0.717, 1.165) is 22.6 Å². The molecule has 1 aliphatic rings. The fourth-order valence-electron chi connectivity index (χ4n) is 2.34. The van der Waals surface area contributed by atoms with E-state index in [1.54, 1.807) is 0 Å². The number of hydrogen-bond acceptors (Lipinski definition) is 3. The molecule has 0 spiro atoms. The SMILES string of the molecule is CC(Oc1ccc2c(c1)NC(=O)C2N)c1ccccc1. The predicted octanol–water partition coefficient (Wildman–Crippen LogP) is 2.78. The highest BCUT2D eigenvalue weighted by molar-refractivity contribution is 6.02. The number of ether oxygens (including phenoxy) is 1. The first kappa shape index (κ1) is 12.7. The number of rotatable bonds is 3. The van der Waals surface area contributed by atoms with E-state index in [9.17, 15) is 4.79 Å². The summed E-state index contributed by atoms with van der Waals surface area (Å²) < 4.78 is 5.90. The third-order valence-corrected chi connectivity index (χ3v) is 3.48. The lowest BCUT2D eigenvalue weighted by Gasteiger charge is -2.15. The van der Waals surface area contributed by atoms with Crippen LogP contribution in [0.15, 0.2) is 48.5 Å². The van der Waals surface area contributed by atoms with E-state index in [1.165, 1.54) is 0 Å². The summed E-state index contributed by atoms with van der Waals surface area (Å²) in [5, 5.41) is 2.76. The van der Waals surface area contributed by atoms with E-state index in [-0.39, 0.29) is 12.0 Å². The molecule has 0 fully saturated rings. The number of fused-ring (bicyclic) bond motifs is 1. The first-order valence-corrected chi connectivity index (χ1v) is 6.57. The van der Waals surface area contributed by atoms with Gasteiger partial charge in [-0.3, -0.25) is 4.79 Å². The molecule has 20 heavy (non-hydrogen) atoms. The van der Waals surface area contributed by atoms with E-state index >= 15 is 0 Å². The van der Waals surface area contributed by atoms with Gasteiger partial charge in [-0.2, -0.15) is 0 Å². The van der Waals surface area contributed by atoms with E-state index in [4.69, 9.17) is 10.5 Å². The molecular weight excluding hydrogens is 252 g/mol. The third-order valence-electron chi connectivity index (χ3n) is 3.48. The molecule has 2 aromatic rings. The van der Waals surface area contributed by atoms with E-state index in [2.05, 4.69) is 5.32 Å². The third kappa shape index (κ3) is 2.26. The molecule has 3 rings (SSSR count). The van der Waals surface area contributed by atoms with Crippen molar-refractivity contribution in [2.75, 3.05) is 5.32 Å². The average Bonchev–Trinajstić information content (AvgIpc) is 2.74. The number of carbonyl (C=O) groups excluding carboxylic acids is 1. The molecule has 1 aliphatic heterocycles. The molecule has 4 nitrogen and oxygen atoms in total. The molecule has 0 aliphatic carbocycles. The first-order chi connectivity index (χ1) is 9.65. The largest absolute Gasteiger partial charge is 0.486 e. The summed E-state index contributed by atoms with van der Waals surface area (Å²) in [7, 11) is 0. The zero-order chi connectivity index (χ0) is 14.1. The standard InChI is InChI=1S/C16H16N2O2/c1-10(11-5-3-2-4-6-11)20-12-7-8-13-14(9-12)18-16(19)15(13)17/h2-10,15H,17H2,1H3,(H,18,19). The molecule has 1 heterocycles. The van der Waals surface area contributed by atoms with Crippen molar-refractivity contribution < 1.29 is 9.53 Å². The molecule has 0 saturated carbocycles. The van der Waals surface area contributed by atoms with Crippen LogP contribution in [0.3, 0.4) is 0 Å². The van der Waals surface area contributed by atoms with Gasteiger partial charge in [0.2, 0.25) is 5.91 Å². The number of nitrogens with one attached hydrogen (secondary N) is 1. The molecule has 4 heteroatoms. The smallest absolute Gasteiger partial charge is 0.245 e. The number of anilines is 1. The maximum atomic E-state index is 11.5. The van der Waals surface area contributed by atoms with Gasteiger partial charge >= 0.3 is 0 Å². The summed E-state index contributed by atoms with van der Waals surface area (Å²) in [6.07, 6.45) is -0.0555. The molecule has 1 amide bonds.